The number of rotatable bonds is 4. The molecule has 2 fully saturated rings. The van der Waals surface area contributed by atoms with E-state index in [0.717, 1.165) is 31.1 Å². The molecule has 1 aliphatic heterocycles. The summed E-state index contributed by atoms with van der Waals surface area (Å²) >= 11 is 0. The molecule has 1 aliphatic carbocycles. The second-order valence-corrected chi connectivity index (χ2v) is 6.72. The van der Waals surface area contributed by atoms with Gasteiger partial charge >= 0.3 is 0 Å². The monoisotopic (exact) mass is 345 g/mol. The number of benzene rings is 1. The van der Waals surface area contributed by atoms with E-state index in [4.69, 9.17) is 18.6 Å². The van der Waals surface area contributed by atoms with Crippen molar-refractivity contribution in [3.63, 3.8) is 0 Å². The number of methoxy groups -OCH3 is 1. The van der Waals surface area contributed by atoms with Crippen molar-refractivity contribution < 1.29 is 23.4 Å². The molecule has 0 unspecified atom stereocenters. The van der Waals surface area contributed by atoms with E-state index in [-0.39, 0.29) is 17.8 Å². The number of carbonyl (C=O) groups excluding carboxylic acids is 1. The van der Waals surface area contributed by atoms with Gasteiger partial charge in [-0.15, -0.1) is 0 Å². The first-order valence-electron chi connectivity index (χ1n) is 8.86. The maximum absolute atomic E-state index is 12.4. The highest BCUT2D eigenvalue weighted by Crippen LogP contribution is 2.37. The zero-order chi connectivity index (χ0) is 17.3. The Hall–Kier alpha value is -2.05. The molecule has 6 heteroatoms. The van der Waals surface area contributed by atoms with Gasteiger partial charge in [-0.2, -0.15) is 0 Å². The molecule has 1 saturated heterocycles. The maximum Gasteiger partial charge on any atom is 0.287 e. The Bertz CT molecular complexity index is 762. The van der Waals surface area contributed by atoms with Gasteiger partial charge in [0.05, 0.1) is 13.7 Å². The third-order valence-electron chi connectivity index (χ3n) is 4.97. The number of ether oxygens (including phenoxy) is 3. The highest BCUT2D eigenvalue weighted by Gasteiger charge is 2.42. The SMILES string of the molecule is COc1cccc2cc(C(=O)NC[C@H]3COC4(CCCCC4)O3)oc12. The van der Waals surface area contributed by atoms with E-state index < -0.39 is 5.79 Å². The Kier molecular flexibility index (Phi) is 4.39. The topological polar surface area (TPSA) is 69.9 Å². The fraction of sp³-hybridized carbons (Fsp3) is 0.526. The van der Waals surface area contributed by atoms with Crippen LogP contribution in [0.25, 0.3) is 11.0 Å². The van der Waals surface area contributed by atoms with Crippen molar-refractivity contribution in [2.24, 2.45) is 0 Å². The van der Waals surface area contributed by atoms with Crippen molar-refractivity contribution in [2.45, 2.75) is 44.0 Å². The molecule has 1 saturated carbocycles. The minimum Gasteiger partial charge on any atom is -0.493 e. The lowest BCUT2D eigenvalue weighted by Crippen LogP contribution is -2.37. The third kappa shape index (κ3) is 3.24. The molecule has 1 N–H and O–H groups in total. The van der Waals surface area contributed by atoms with Gasteiger partial charge in [0.15, 0.2) is 22.9 Å². The zero-order valence-electron chi connectivity index (χ0n) is 14.4. The molecular weight excluding hydrogens is 322 g/mol. The van der Waals surface area contributed by atoms with Gasteiger partial charge < -0.3 is 23.9 Å². The number of para-hydroxylation sites is 1. The molecular formula is C19H23NO5. The Morgan fingerprint density at radius 1 is 1.32 bits per heavy atom. The van der Waals surface area contributed by atoms with Gasteiger partial charge in [0.1, 0.15) is 6.10 Å². The predicted molar refractivity (Wildman–Crippen MR) is 91.7 cm³/mol. The molecule has 1 spiro atoms. The van der Waals surface area contributed by atoms with E-state index in [0.29, 0.717) is 24.5 Å². The first kappa shape index (κ1) is 16.4. The van der Waals surface area contributed by atoms with Crippen LogP contribution in [0.2, 0.25) is 0 Å². The quantitative estimate of drug-likeness (QED) is 0.921. The van der Waals surface area contributed by atoms with Crippen molar-refractivity contribution in [1.29, 1.82) is 0 Å². The summed E-state index contributed by atoms with van der Waals surface area (Å²) < 4.78 is 22.9. The summed E-state index contributed by atoms with van der Waals surface area (Å²) in [5.41, 5.74) is 0.580. The maximum atomic E-state index is 12.4. The van der Waals surface area contributed by atoms with Gasteiger partial charge in [-0.3, -0.25) is 4.79 Å². The van der Waals surface area contributed by atoms with Crippen LogP contribution in [0.4, 0.5) is 0 Å². The zero-order valence-corrected chi connectivity index (χ0v) is 14.4. The van der Waals surface area contributed by atoms with Crippen LogP contribution in [-0.2, 0) is 9.47 Å². The van der Waals surface area contributed by atoms with E-state index >= 15 is 0 Å². The first-order chi connectivity index (χ1) is 12.2. The van der Waals surface area contributed by atoms with Crippen LogP contribution in [0, 0.1) is 0 Å². The number of furan rings is 1. The second-order valence-electron chi connectivity index (χ2n) is 6.72. The summed E-state index contributed by atoms with van der Waals surface area (Å²) in [6, 6.07) is 7.28. The van der Waals surface area contributed by atoms with Gasteiger partial charge in [-0.25, -0.2) is 0 Å². The number of fused-ring (bicyclic) bond motifs is 1. The Labute approximate surface area is 146 Å². The Morgan fingerprint density at radius 2 is 2.16 bits per heavy atom. The highest BCUT2D eigenvalue weighted by atomic mass is 16.7. The van der Waals surface area contributed by atoms with Crippen LogP contribution < -0.4 is 10.1 Å². The first-order valence-corrected chi connectivity index (χ1v) is 8.86. The largest absolute Gasteiger partial charge is 0.493 e. The smallest absolute Gasteiger partial charge is 0.287 e. The van der Waals surface area contributed by atoms with Gasteiger partial charge in [-0.1, -0.05) is 18.6 Å². The minimum absolute atomic E-state index is 0.110. The summed E-state index contributed by atoms with van der Waals surface area (Å²) in [4.78, 5) is 12.4. The molecule has 1 atom stereocenters. The highest BCUT2D eigenvalue weighted by molar-refractivity contribution is 5.97. The summed E-state index contributed by atoms with van der Waals surface area (Å²) in [7, 11) is 1.58. The van der Waals surface area contributed by atoms with Crippen molar-refractivity contribution >= 4 is 16.9 Å². The number of carbonyl (C=O) groups is 1. The lowest BCUT2D eigenvalue weighted by Gasteiger charge is -2.31. The standard InChI is InChI=1S/C19H23NO5/c1-22-15-7-5-6-13-10-16(24-17(13)15)18(21)20-11-14-12-23-19(25-14)8-3-2-4-9-19/h5-7,10,14H,2-4,8-9,11-12H2,1H3,(H,20,21)/t14-/m0/s1. The van der Waals surface area contributed by atoms with Crippen molar-refractivity contribution in [2.75, 3.05) is 20.3 Å². The second kappa shape index (κ2) is 6.69. The summed E-state index contributed by atoms with van der Waals surface area (Å²) in [6.45, 7) is 0.934. The fourth-order valence-electron chi connectivity index (χ4n) is 3.67. The van der Waals surface area contributed by atoms with Gasteiger partial charge in [0.25, 0.3) is 5.91 Å². The number of amides is 1. The van der Waals surface area contributed by atoms with Gasteiger partial charge in [0.2, 0.25) is 0 Å². The van der Waals surface area contributed by atoms with E-state index in [2.05, 4.69) is 5.32 Å². The van der Waals surface area contributed by atoms with Gasteiger partial charge in [0, 0.05) is 24.8 Å². The van der Waals surface area contributed by atoms with Crippen LogP contribution in [0.15, 0.2) is 28.7 Å². The molecule has 0 bridgehead atoms. The lowest BCUT2D eigenvalue weighted by molar-refractivity contribution is -0.186. The molecule has 1 aromatic carbocycles. The third-order valence-corrected chi connectivity index (χ3v) is 4.97. The normalized spacial score (nSPS) is 22.4. The molecule has 4 rings (SSSR count). The Balaban J connectivity index is 1.38. The Morgan fingerprint density at radius 3 is 2.96 bits per heavy atom. The average molecular weight is 345 g/mol. The summed E-state index contributed by atoms with van der Waals surface area (Å²) in [5, 5.41) is 3.72. The average Bonchev–Trinajstić information content (AvgIpc) is 3.24. The number of nitrogens with one attached hydrogen (secondary N) is 1. The molecule has 134 valence electrons. The van der Waals surface area contributed by atoms with Crippen LogP contribution >= 0.6 is 0 Å². The van der Waals surface area contributed by atoms with Crippen LogP contribution in [-0.4, -0.2) is 38.1 Å². The van der Waals surface area contributed by atoms with Crippen LogP contribution in [0.1, 0.15) is 42.7 Å². The van der Waals surface area contributed by atoms with Crippen molar-refractivity contribution in [3.8, 4) is 5.75 Å². The summed E-state index contributed by atoms with van der Waals surface area (Å²) in [6.07, 6.45) is 5.30. The molecule has 2 aliphatic rings. The molecule has 25 heavy (non-hydrogen) atoms. The van der Waals surface area contributed by atoms with Crippen LogP contribution in [0.5, 0.6) is 5.75 Å². The molecule has 2 heterocycles. The lowest BCUT2D eigenvalue weighted by atomic mass is 9.94. The van der Waals surface area contributed by atoms with E-state index in [1.165, 1.54) is 6.42 Å². The number of hydrogen-bond donors (Lipinski definition) is 1. The van der Waals surface area contributed by atoms with E-state index in [1.54, 1.807) is 19.2 Å². The molecule has 2 aromatic rings. The van der Waals surface area contributed by atoms with E-state index in [1.807, 2.05) is 12.1 Å². The predicted octanol–water partition coefficient (Wildman–Crippen LogP) is 3.25. The van der Waals surface area contributed by atoms with Gasteiger partial charge in [-0.05, 0) is 25.0 Å². The van der Waals surface area contributed by atoms with E-state index in [9.17, 15) is 4.79 Å². The van der Waals surface area contributed by atoms with Crippen molar-refractivity contribution in [1.82, 2.24) is 5.32 Å². The fourth-order valence-corrected chi connectivity index (χ4v) is 3.67. The summed E-state index contributed by atoms with van der Waals surface area (Å²) in [5.74, 6) is 0.209. The molecule has 6 nitrogen and oxygen atoms in total. The molecule has 1 aromatic heterocycles. The van der Waals surface area contributed by atoms with Crippen LogP contribution in [0.3, 0.4) is 0 Å². The molecule has 0 radical (unpaired) electrons. The number of hydrogen-bond acceptors (Lipinski definition) is 5. The van der Waals surface area contributed by atoms with Crippen molar-refractivity contribution in [3.05, 3.63) is 30.0 Å². The minimum atomic E-state index is -0.416. The molecule has 1 amide bonds.